The smallest absolute Gasteiger partial charge is 0.341 e. The Labute approximate surface area is 147 Å². The first-order valence-corrected chi connectivity index (χ1v) is 7.87. The predicted molar refractivity (Wildman–Crippen MR) is 95.9 cm³/mol. The Morgan fingerprint density at radius 1 is 1.27 bits per heavy atom. The van der Waals surface area contributed by atoms with E-state index in [-0.39, 0.29) is 10.9 Å². The van der Waals surface area contributed by atoms with E-state index < -0.39 is 22.8 Å². The SMILES string of the molecule is CCn1cc(C(=O)O)c(=O)c2cc(F)c(-c3ccc(NC=O)cc3)cc21. The summed E-state index contributed by atoms with van der Waals surface area (Å²) in [7, 11) is 0. The van der Waals surface area contributed by atoms with E-state index in [4.69, 9.17) is 0 Å². The number of halogens is 1. The molecule has 3 rings (SSSR count). The average molecular weight is 354 g/mol. The van der Waals surface area contributed by atoms with E-state index in [0.717, 1.165) is 6.07 Å². The van der Waals surface area contributed by atoms with Crippen molar-refractivity contribution < 1.29 is 19.1 Å². The highest BCUT2D eigenvalue weighted by molar-refractivity contribution is 5.94. The molecule has 0 radical (unpaired) electrons. The summed E-state index contributed by atoms with van der Waals surface area (Å²) in [5, 5.41) is 11.7. The number of aromatic carboxylic acids is 1. The van der Waals surface area contributed by atoms with Gasteiger partial charge in [0, 0.05) is 29.4 Å². The summed E-state index contributed by atoms with van der Waals surface area (Å²) in [6, 6.07) is 9.17. The molecule has 1 heterocycles. The van der Waals surface area contributed by atoms with Crippen LogP contribution in [0, 0.1) is 5.82 Å². The molecule has 3 aromatic rings. The second-order valence-corrected chi connectivity index (χ2v) is 5.65. The number of fused-ring (bicyclic) bond motifs is 1. The topological polar surface area (TPSA) is 88.4 Å². The number of hydrogen-bond donors (Lipinski definition) is 2. The Morgan fingerprint density at radius 3 is 2.54 bits per heavy atom. The van der Waals surface area contributed by atoms with E-state index in [1.165, 1.54) is 12.3 Å². The fourth-order valence-corrected chi connectivity index (χ4v) is 2.86. The molecular formula is C19H15FN2O4. The van der Waals surface area contributed by atoms with E-state index in [1.54, 1.807) is 35.8 Å². The maximum atomic E-state index is 14.6. The third kappa shape index (κ3) is 2.95. The number of hydrogen-bond acceptors (Lipinski definition) is 3. The van der Waals surface area contributed by atoms with E-state index in [9.17, 15) is 23.9 Å². The number of pyridine rings is 1. The molecule has 0 saturated heterocycles. The number of rotatable bonds is 5. The summed E-state index contributed by atoms with van der Waals surface area (Å²) in [4.78, 5) is 34.1. The lowest BCUT2D eigenvalue weighted by Crippen LogP contribution is -2.19. The third-order valence-corrected chi connectivity index (χ3v) is 4.16. The van der Waals surface area contributed by atoms with Gasteiger partial charge >= 0.3 is 5.97 Å². The molecule has 0 bridgehead atoms. The van der Waals surface area contributed by atoms with Crippen LogP contribution in [0.1, 0.15) is 17.3 Å². The predicted octanol–water partition coefficient (Wildman–Crippen LogP) is 3.09. The maximum Gasteiger partial charge on any atom is 0.341 e. The molecule has 2 N–H and O–H groups in total. The Bertz CT molecular complexity index is 1070. The van der Waals surface area contributed by atoms with Gasteiger partial charge in [-0.05, 0) is 36.8 Å². The lowest BCUT2D eigenvalue weighted by Gasteiger charge is -2.13. The van der Waals surface area contributed by atoms with Crippen LogP contribution in [-0.2, 0) is 11.3 Å². The van der Waals surface area contributed by atoms with Gasteiger partial charge in [-0.2, -0.15) is 0 Å². The quantitative estimate of drug-likeness (QED) is 0.689. The van der Waals surface area contributed by atoms with Crippen LogP contribution < -0.4 is 10.7 Å². The number of nitrogens with zero attached hydrogens (tertiary/aromatic N) is 1. The first kappa shape index (κ1) is 17.3. The summed E-state index contributed by atoms with van der Waals surface area (Å²) in [6.07, 6.45) is 1.82. The Balaban J connectivity index is 2.24. The van der Waals surface area contributed by atoms with Crippen molar-refractivity contribution in [3.8, 4) is 11.1 Å². The van der Waals surface area contributed by atoms with Gasteiger partial charge in [0.25, 0.3) is 0 Å². The highest BCUT2D eigenvalue weighted by atomic mass is 19.1. The Hall–Kier alpha value is -3.48. The van der Waals surface area contributed by atoms with Gasteiger partial charge in [0.1, 0.15) is 11.4 Å². The van der Waals surface area contributed by atoms with Crippen molar-refractivity contribution in [1.29, 1.82) is 0 Å². The number of nitrogens with one attached hydrogen (secondary N) is 1. The lowest BCUT2D eigenvalue weighted by molar-refractivity contribution is -0.105. The van der Waals surface area contributed by atoms with Crippen molar-refractivity contribution in [1.82, 2.24) is 4.57 Å². The number of amides is 1. The molecule has 1 aromatic heterocycles. The third-order valence-electron chi connectivity index (χ3n) is 4.16. The molecular weight excluding hydrogens is 339 g/mol. The molecule has 0 unspecified atom stereocenters. The van der Waals surface area contributed by atoms with Crippen LogP contribution >= 0.6 is 0 Å². The van der Waals surface area contributed by atoms with Gasteiger partial charge < -0.3 is 15.0 Å². The first-order chi connectivity index (χ1) is 12.5. The van der Waals surface area contributed by atoms with Gasteiger partial charge in [0.15, 0.2) is 0 Å². The number of benzene rings is 2. The van der Waals surface area contributed by atoms with Crippen molar-refractivity contribution >= 4 is 29.0 Å². The molecule has 0 fully saturated rings. The normalized spacial score (nSPS) is 10.7. The molecule has 132 valence electrons. The Kier molecular flexibility index (Phi) is 4.53. The average Bonchev–Trinajstić information content (AvgIpc) is 2.63. The van der Waals surface area contributed by atoms with E-state index >= 15 is 0 Å². The van der Waals surface area contributed by atoms with Crippen LogP contribution in [0.15, 0.2) is 47.4 Å². The van der Waals surface area contributed by atoms with Crippen LogP contribution in [0.25, 0.3) is 22.0 Å². The van der Waals surface area contributed by atoms with E-state index in [2.05, 4.69) is 5.32 Å². The highest BCUT2D eigenvalue weighted by Gasteiger charge is 2.17. The fourth-order valence-electron chi connectivity index (χ4n) is 2.86. The van der Waals surface area contributed by atoms with Crippen molar-refractivity contribution in [2.75, 3.05) is 5.32 Å². The van der Waals surface area contributed by atoms with Crippen LogP contribution in [0.5, 0.6) is 0 Å². The Morgan fingerprint density at radius 2 is 1.96 bits per heavy atom. The minimum Gasteiger partial charge on any atom is -0.477 e. The van der Waals surface area contributed by atoms with Crippen molar-refractivity contribution in [2.24, 2.45) is 0 Å². The summed E-state index contributed by atoms with van der Waals surface area (Å²) >= 11 is 0. The molecule has 0 aliphatic rings. The van der Waals surface area contributed by atoms with Crippen LogP contribution in [0.3, 0.4) is 0 Å². The van der Waals surface area contributed by atoms with E-state index in [1.807, 2.05) is 0 Å². The monoisotopic (exact) mass is 354 g/mol. The second-order valence-electron chi connectivity index (χ2n) is 5.65. The van der Waals surface area contributed by atoms with Crippen molar-refractivity contribution in [3.63, 3.8) is 0 Å². The van der Waals surface area contributed by atoms with Gasteiger partial charge in [0.2, 0.25) is 11.8 Å². The van der Waals surface area contributed by atoms with Crippen molar-refractivity contribution in [3.05, 3.63) is 64.2 Å². The van der Waals surface area contributed by atoms with Crippen LogP contribution in [-0.4, -0.2) is 22.1 Å². The minimum absolute atomic E-state index is 0.0206. The molecule has 0 atom stereocenters. The fraction of sp³-hybridized carbons (Fsp3) is 0.105. The van der Waals surface area contributed by atoms with Gasteiger partial charge in [-0.25, -0.2) is 9.18 Å². The van der Waals surface area contributed by atoms with Crippen molar-refractivity contribution in [2.45, 2.75) is 13.5 Å². The molecule has 0 saturated carbocycles. The summed E-state index contributed by atoms with van der Waals surface area (Å²) in [6.45, 7) is 2.22. The second kappa shape index (κ2) is 6.79. The summed E-state index contributed by atoms with van der Waals surface area (Å²) in [5.41, 5.74) is 0.762. The first-order valence-electron chi connectivity index (χ1n) is 7.87. The number of aryl methyl sites for hydroxylation is 1. The molecule has 26 heavy (non-hydrogen) atoms. The van der Waals surface area contributed by atoms with Crippen LogP contribution in [0.2, 0.25) is 0 Å². The zero-order chi connectivity index (χ0) is 18.8. The van der Waals surface area contributed by atoms with E-state index in [0.29, 0.717) is 29.7 Å². The number of anilines is 1. The molecule has 2 aromatic carbocycles. The van der Waals surface area contributed by atoms with Gasteiger partial charge in [-0.1, -0.05) is 12.1 Å². The molecule has 6 nitrogen and oxygen atoms in total. The summed E-state index contributed by atoms with van der Waals surface area (Å²) in [5.74, 6) is -1.97. The molecule has 7 heteroatoms. The molecule has 0 aliphatic heterocycles. The molecule has 0 spiro atoms. The maximum absolute atomic E-state index is 14.6. The summed E-state index contributed by atoms with van der Waals surface area (Å²) < 4.78 is 16.2. The molecule has 0 aliphatic carbocycles. The van der Waals surface area contributed by atoms with Crippen LogP contribution in [0.4, 0.5) is 10.1 Å². The van der Waals surface area contributed by atoms with Gasteiger partial charge in [0.05, 0.1) is 5.52 Å². The minimum atomic E-state index is -1.35. The molecule has 1 amide bonds. The zero-order valence-electron chi connectivity index (χ0n) is 13.8. The van der Waals surface area contributed by atoms with Gasteiger partial charge in [-0.3, -0.25) is 9.59 Å². The highest BCUT2D eigenvalue weighted by Crippen LogP contribution is 2.28. The largest absolute Gasteiger partial charge is 0.477 e. The number of carbonyl (C=O) groups is 2. The zero-order valence-corrected chi connectivity index (χ0v) is 13.8. The van der Waals surface area contributed by atoms with Gasteiger partial charge in [-0.15, -0.1) is 0 Å². The number of carbonyl (C=O) groups excluding carboxylic acids is 1. The standard InChI is InChI=1S/C19H15FN2O4/c1-2-22-9-15(19(25)26)18(24)14-7-16(20)13(8-17(14)22)11-3-5-12(6-4-11)21-10-23/h3-10H,2H2,1H3,(H,21,23)(H,25,26). The number of carboxylic acids is 1. The lowest BCUT2D eigenvalue weighted by atomic mass is 10.0. The number of aromatic nitrogens is 1. The number of carboxylic acid groups (broad SMARTS) is 1.